The Balaban J connectivity index is 0. The number of allylic oxidation sites excluding steroid dienone is 3. The average molecular weight is 193 g/mol. The van der Waals surface area contributed by atoms with Crippen molar-refractivity contribution in [2.75, 3.05) is 0 Å². The molecule has 0 aromatic heterocycles. The molecule has 0 saturated heterocycles. The van der Waals surface area contributed by atoms with E-state index < -0.39 is 11.9 Å². The van der Waals surface area contributed by atoms with Crippen LogP contribution in [0.1, 0.15) is 20.8 Å². The first-order valence-electron chi connectivity index (χ1n) is 3.79. The van der Waals surface area contributed by atoms with Gasteiger partial charge in [0.15, 0.2) is 0 Å². The second-order valence-corrected chi connectivity index (χ2v) is 2.03. The van der Waals surface area contributed by atoms with Crippen LogP contribution in [0, 0.1) is 0 Å². The Morgan fingerprint density at radius 3 is 1.77 bits per heavy atom. The van der Waals surface area contributed by atoms with Gasteiger partial charge < -0.3 is 0 Å². The summed E-state index contributed by atoms with van der Waals surface area (Å²) in [6, 6.07) is 0. The Kier molecular flexibility index (Phi) is 7.18. The van der Waals surface area contributed by atoms with Crippen LogP contribution in [0.3, 0.4) is 0 Å². The first kappa shape index (κ1) is 14.5. The number of nitrogens with zero attached hydrogens (tertiary/aromatic N) is 1. The van der Waals surface area contributed by atoms with E-state index in [1.54, 1.807) is 0 Å². The van der Waals surface area contributed by atoms with E-state index in [9.17, 15) is 13.2 Å². The molecule has 0 atom stereocenters. The van der Waals surface area contributed by atoms with E-state index in [-0.39, 0.29) is 0 Å². The molecule has 76 valence electrons. The van der Waals surface area contributed by atoms with Crippen LogP contribution in [0.25, 0.3) is 0 Å². The maximum absolute atomic E-state index is 11.8. The monoisotopic (exact) mass is 193 g/mol. The van der Waals surface area contributed by atoms with Crippen molar-refractivity contribution in [2.45, 2.75) is 26.9 Å². The van der Waals surface area contributed by atoms with E-state index >= 15 is 0 Å². The molecule has 0 bridgehead atoms. The summed E-state index contributed by atoms with van der Waals surface area (Å²) in [6.07, 6.45) is -3.59. The molecule has 0 aromatic carbocycles. The largest absolute Gasteiger partial charge is 0.433 e. The van der Waals surface area contributed by atoms with Gasteiger partial charge in [0.25, 0.3) is 0 Å². The molecule has 0 aromatic rings. The van der Waals surface area contributed by atoms with E-state index in [1.165, 1.54) is 6.92 Å². The molecule has 1 nitrogen and oxygen atoms in total. The number of halogens is 3. The lowest BCUT2D eigenvalue weighted by Gasteiger charge is -2.05. The summed E-state index contributed by atoms with van der Waals surface area (Å²) in [5.74, 6) is 0. The zero-order valence-electron chi connectivity index (χ0n) is 8.07. The van der Waals surface area contributed by atoms with Gasteiger partial charge in [0.2, 0.25) is 0 Å². The number of aliphatic imine (C=N–C) groups is 1. The number of hydrogen-bond acceptors (Lipinski definition) is 1. The van der Waals surface area contributed by atoms with Crippen molar-refractivity contribution in [3.05, 3.63) is 23.9 Å². The highest BCUT2D eigenvalue weighted by Gasteiger charge is 2.32. The molecule has 0 heterocycles. The van der Waals surface area contributed by atoms with Crippen molar-refractivity contribution in [1.29, 1.82) is 0 Å². The Labute approximate surface area is 76.7 Å². The van der Waals surface area contributed by atoms with Gasteiger partial charge in [-0.1, -0.05) is 26.0 Å². The quantitative estimate of drug-likeness (QED) is 0.468. The maximum Gasteiger partial charge on any atom is 0.433 e. The van der Waals surface area contributed by atoms with Gasteiger partial charge in [-0.3, -0.25) is 4.99 Å². The lowest BCUT2D eigenvalue weighted by Crippen LogP contribution is -2.09. The predicted octanol–water partition coefficient (Wildman–Crippen LogP) is 3.74. The molecule has 0 rings (SSSR count). The smallest absolute Gasteiger partial charge is 0.260 e. The summed E-state index contributed by atoms with van der Waals surface area (Å²) in [5.41, 5.74) is -0.713. The van der Waals surface area contributed by atoms with Gasteiger partial charge in [-0.2, -0.15) is 13.2 Å². The van der Waals surface area contributed by atoms with Crippen molar-refractivity contribution in [3.8, 4) is 0 Å². The van der Waals surface area contributed by atoms with Crippen LogP contribution in [0.4, 0.5) is 13.2 Å². The molecule has 0 amide bonds. The van der Waals surface area contributed by atoms with Gasteiger partial charge in [0.05, 0.1) is 0 Å². The molecule has 13 heavy (non-hydrogen) atoms. The minimum Gasteiger partial charge on any atom is -0.260 e. The molecule has 4 heteroatoms. The van der Waals surface area contributed by atoms with Crippen molar-refractivity contribution in [1.82, 2.24) is 0 Å². The molecule has 0 N–H and O–H groups in total. The Hall–Kier alpha value is -1.06. The third-order valence-electron chi connectivity index (χ3n) is 0.844. The normalized spacial score (nSPS) is 11.4. The molecular formula is C9H14F3N. The minimum absolute atomic E-state index is 0.296. The van der Waals surface area contributed by atoms with E-state index in [4.69, 9.17) is 0 Å². The van der Waals surface area contributed by atoms with Crippen LogP contribution in [0.2, 0.25) is 0 Å². The molecule has 0 saturated carbocycles. The Morgan fingerprint density at radius 1 is 1.31 bits per heavy atom. The van der Waals surface area contributed by atoms with Gasteiger partial charge in [-0.05, 0) is 19.7 Å². The second-order valence-electron chi connectivity index (χ2n) is 2.03. The number of rotatable bonds is 2. The second kappa shape index (κ2) is 6.46. The molecule has 0 aliphatic rings. The van der Waals surface area contributed by atoms with Crippen LogP contribution in [0.15, 0.2) is 28.9 Å². The zero-order chi connectivity index (χ0) is 11.1. The van der Waals surface area contributed by atoms with Gasteiger partial charge >= 0.3 is 6.18 Å². The fourth-order valence-electron chi connectivity index (χ4n) is 0.451. The third kappa shape index (κ3) is 7.31. The Bertz CT molecular complexity index is 201. The topological polar surface area (TPSA) is 12.4 Å². The zero-order valence-corrected chi connectivity index (χ0v) is 8.07. The predicted molar refractivity (Wildman–Crippen MR) is 49.8 cm³/mol. The van der Waals surface area contributed by atoms with E-state index in [1.807, 2.05) is 13.8 Å². The summed E-state index contributed by atoms with van der Waals surface area (Å²) >= 11 is 0. The lowest BCUT2D eigenvalue weighted by atomic mass is 10.3. The molecule has 0 aliphatic carbocycles. The summed E-state index contributed by atoms with van der Waals surface area (Å²) in [5, 5.41) is 0. The fourth-order valence-corrected chi connectivity index (χ4v) is 0.451. The standard InChI is InChI=1S/C7H8F3N.C2H6/c1-5(2)4-6(11-3)7(8,9)10;1-2/h4H,1,3H2,2H3;1-2H3/b6-4-;. The summed E-state index contributed by atoms with van der Waals surface area (Å²) in [7, 11) is 0. The maximum atomic E-state index is 11.8. The van der Waals surface area contributed by atoms with E-state index in [2.05, 4.69) is 18.3 Å². The average Bonchev–Trinajstić information content (AvgIpc) is 2.01. The molecule has 0 unspecified atom stereocenters. The highest BCUT2D eigenvalue weighted by molar-refractivity contribution is 5.33. The summed E-state index contributed by atoms with van der Waals surface area (Å²) < 4.78 is 35.5. The lowest BCUT2D eigenvalue weighted by molar-refractivity contribution is -0.0922. The third-order valence-corrected chi connectivity index (χ3v) is 0.844. The highest BCUT2D eigenvalue weighted by Crippen LogP contribution is 2.26. The van der Waals surface area contributed by atoms with Crippen molar-refractivity contribution >= 4 is 6.72 Å². The molecular weight excluding hydrogens is 179 g/mol. The SMILES string of the molecule is C=N/C(=C\C(=C)C)C(F)(F)F.CC. The van der Waals surface area contributed by atoms with Gasteiger partial charge in [0.1, 0.15) is 5.70 Å². The van der Waals surface area contributed by atoms with E-state index in [0.717, 1.165) is 6.08 Å². The summed E-state index contributed by atoms with van der Waals surface area (Å²) in [4.78, 5) is 2.82. The number of alkyl halides is 3. The molecule has 0 aliphatic heterocycles. The molecule has 0 spiro atoms. The van der Waals surface area contributed by atoms with Crippen molar-refractivity contribution in [2.24, 2.45) is 4.99 Å². The van der Waals surface area contributed by atoms with E-state index in [0.29, 0.717) is 5.57 Å². The van der Waals surface area contributed by atoms with Crippen LogP contribution in [-0.4, -0.2) is 12.9 Å². The van der Waals surface area contributed by atoms with Crippen LogP contribution >= 0.6 is 0 Å². The van der Waals surface area contributed by atoms with Crippen LogP contribution in [-0.2, 0) is 0 Å². The highest BCUT2D eigenvalue weighted by atomic mass is 19.4. The Morgan fingerprint density at radius 2 is 1.69 bits per heavy atom. The fraction of sp³-hybridized carbons (Fsp3) is 0.444. The van der Waals surface area contributed by atoms with Gasteiger partial charge in [-0.15, -0.1) is 0 Å². The van der Waals surface area contributed by atoms with Crippen molar-refractivity contribution in [3.63, 3.8) is 0 Å². The van der Waals surface area contributed by atoms with Gasteiger partial charge in [0, 0.05) is 0 Å². The molecule has 0 fully saturated rings. The first-order valence-corrected chi connectivity index (χ1v) is 3.79. The van der Waals surface area contributed by atoms with Crippen LogP contribution in [0.5, 0.6) is 0 Å². The van der Waals surface area contributed by atoms with Gasteiger partial charge in [-0.25, -0.2) is 0 Å². The minimum atomic E-state index is -4.43. The molecule has 0 radical (unpaired) electrons. The number of hydrogen-bond donors (Lipinski definition) is 0. The summed E-state index contributed by atoms with van der Waals surface area (Å²) in [6.45, 7) is 11.5. The van der Waals surface area contributed by atoms with Crippen molar-refractivity contribution < 1.29 is 13.2 Å². The van der Waals surface area contributed by atoms with Crippen LogP contribution < -0.4 is 0 Å². The first-order chi connectivity index (χ1) is 5.88.